The van der Waals surface area contributed by atoms with E-state index >= 15 is 0 Å². The summed E-state index contributed by atoms with van der Waals surface area (Å²) in [4.78, 5) is 20.5. The van der Waals surface area contributed by atoms with Gasteiger partial charge in [-0.15, -0.1) is 0 Å². The fourth-order valence-electron chi connectivity index (χ4n) is 2.58. The van der Waals surface area contributed by atoms with E-state index in [0.717, 1.165) is 0 Å². The summed E-state index contributed by atoms with van der Waals surface area (Å²) in [5.74, 6) is 0.492. The summed E-state index contributed by atoms with van der Waals surface area (Å²) in [5.41, 5.74) is 6.16. The molecule has 0 fully saturated rings. The predicted octanol–water partition coefficient (Wildman–Crippen LogP) is 2.36. The Hall–Kier alpha value is -3.86. The SMILES string of the molecule is COc1ccc(NS(=O)(=O)c2ccc(C)c(C(=O)NNc3nccc(OC)n3)c2)cc1. The first-order valence-corrected chi connectivity index (χ1v) is 10.5. The molecule has 3 rings (SSSR count). The highest BCUT2D eigenvalue weighted by atomic mass is 32.2. The van der Waals surface area contributed by atoms with E-state index in [4.69, 9.17) is 9.47 Å². The minimum Gasteiger partial charge on any atom is -0.497 e. The highest BCUT2D eigenvalue weighted by molar-refractivity contribution is 7.92. The number of hydrogen-bond acceptors (Lipinski definition) is 8. The molecule has 1 aromatic heterocycles. The van der Waals surface area contributed by atoms with E-state index in [0.29, 0.717) is 22.9 Å². The summed E-state index contributed by atoms with van der Waals surface area (Å²) in [5, 5.41) is 0. The van der Waals surface area contributed by atoms with Crippen molar-refractivity contribution in [2.24, 2.45) is 0 Å². The van der Waals surface area contributed by atoms with Gasteiger partial charge < -0.3 is 9.47 Å². The zero-order chi connectivity index (χ0) is 22.4. The Morgan fingerprint density at radius 3 is 2.42 bits per heavy atom. The maximum Gasteiger partial charge on any atom is 0.270 e. The molecule has 3 aromatic rings. The van der Waals surface area contributed by atoms with Crippen LogP contribution in [0.1, 0.15) is 15.9 Å². The lowest BCUT2D eigenvalue weighted by Crippen LogP contribution is -2.31. The van der Waals surface area contributed by atoms with E-state index in [1.165, 1.54) is 32.5 Å². The van der Waals surface area contributed by atoms with Crippen molar-refractivity contribution in [3.8, 4) is 11.6 Å². The normalized spacial score (nSPS) is 10.8. The lowest BCUT2D eigenvalue weighted by atomic mass is 10.1. The summed E-state index contributed by atoms with van der Waals surface area (Å²) in [6.07, 6.45) is 1.46. The van der Waals surface area contributed by atoms with Gasteiger partial charge in [0.15, 0.2) is 0 Å². The number of nitrogens with one attached hydrogen (secondary N) is 3. The largest absolute Gasteiger partial charge is 0.497 e. The number of ether oxygens (including phenoxy) is 2. The molecule has 11 heteroatoms. The molecule has 31 heavy (non-hydrogen) atoms. The van der Waals surface area contributed by atoms with Crippen LogP contribution in [0, 0.1) is 6.92 Å². The van der Waals surface area contributed by atoms with Crippen molar-refractivity contribution in [1.82, 2.24) is 15.4 Å². The quantitative estimate of drug-likeness (QED) is 0.452. The number of methoxy groups -OCH3 is 2. The van der Waals surface area contributed by atoms with Crippen LogP contribution in [-0.4, -0.2) is 38.5 Å². The highest BCUT2D eigenvalue weighted by Crippen LogP contribution is 2.21. The van der Waals surface area contributed by atoms with Gasteiger partial charge in [-0.05, 0) is 48.9 Å². The van der Waals surface area contributed by atoms with Gasteiger partial charge in [0.25, 0.3) is 15.9 Å². The van der Waals surface area contributed by atoms with Crippen molar-refractivity contribution in [1.29, 1.82) is 0 Å². The maximum atomic E-state index is 12.8. The van der Waals surface area contributed by atoms with Crippen molar-refractivity contribution in [2.45, 2.75) is 11.8 Å². The highest BCUT2D eigenvalue weighted by Gasteiger charge is 2.18. The number of hydrazine groups is 1. The minimum atomic E-state index is -3.91. The van der Waals surface area contributed by atoms with Gasteiger partial charge in [0, 0.05) is 23.5 Å². The number of aryl methyl sites for hydroxylation is 1. The van der Waals surface area contributed by atoms with Gasteiger partial charge in [0.05, 0.1) is 19.1 Å². The van der Waals surface area contributed by atoms with Crippen LogP contribution in [-0.2, 0) is 10.0 Å². The molecule has 0 aliphatic rings. The summed E-state index contributed by atoms with van der Waals surface area (Å²) in [7, 11) is -0.935. The Labute approximate surface area is 179 Å². The van der Waals surface area contributed by atoms with E-state index in [1.807, 2.05) is 0 Å². The Kier molecular flexibility index (Phi) is 6.55. The summed E-state index contributed by atoms with van der Waals surface area (Å²) >= 11 is 0. The van der Waals surface area contributed by atoms with Crippen LogP contribution in [0.25, 0.3) is 0 Å². The first-order valence-electron chi connectivity index (χ1n) is 9.03. The molecule has 0 saturated carbocycles. The smallest absolute Gasteiger partial charge is 0.270 e. The number of rotatable bonds is 8. The van der Waals surface area contributed by atoms with Gasteiger partial charge >= 0.3 is 0 Å². The Balaban J connectivity index is 1.77. The number of anilines is 2. The lowest BCUT2D eigenvalue weighted by Gasteiger charge is -2.12. The number of sulfonamides is 1. The first-order chi connectivity index (χ1) is 14.8. The molecule has 0 saturated heterocycles. The van der Waals surface area contributed by atoms with Crippen molar-refractivity contribution < 1.29 is 22.7 Å². The number of hydrogen-bond donors (Lipinski definition) is 3. The zero-order valence-corrected chi connectivity index (χ0v) is 17.9. The number of benzene rings is 2. The molecule has 0 aliphatic heterocycles. The van der Waals surface area contributed by atoms with Crippen molar-refractivity contribution in [2.75, 3.05) is 24.4 Å². The van der Waals surface area contributed by atoms with E-state index in [9.17, 15) is 13.2 Å². The number of aromatic nitrogens is 2. The molecular weight excluding hydrogens is 422 g/mol. The van der Waals surface area contributed by atoms with Gasteiger partial charge in [-0.25, -0.2) is 13.4 Å². The molecular formula is C20H21N5O5S. The van der Waals surface area contributed by atoms with Crippen molar-refractivity contribution >= 4 is 27.6 Å². The second-order valence-corrected chi connectivity index (χ2v) is 7.99. The molecule has 2 aromatic carbocycles. The third-order valence-electron chi connectivity index (χ3n) is 4.23. The molecule has 3 N–H and O–H groups in total. The van der Waals surface area contributed by atoms with Gasteiger partial charge in [-0.3, -0.25) is 20.4 Å². The number of carbonyl (C=O) groups excluding carboxylic acids is 1. The van der Waals surface area contributed by atoms with Crippen molar-refractivity contribution in [3.05, 3.63) is 65.9 Å². The Morgan fingerprint density at radius 1 is 1.00 bits per heavy atom. The van der Waals surface area contributed by atoms with Crippen LogP contribution in [0.2, 0.25) is 0 Å². The fraction of sp³-hybridized carbons (Fsp3) is 0.150. The van der Waals surface area contributed by atoms with E-state index in [1.54, 1.807) is 43.3 Å². The third-order valence-corrected chi connectivity index (χ3v) is 5.61. The fourth-order valence-corrected chi connectivity index (χ4v) is 3.67. The predicted molar refractivity (Wildman–Crippen MR) is 115 cm³/mol. The molecule has 1 heterocycles. The third kappa shape index (κ3) is 5.39. The molecule has 0 atom stereocenters. The molecule has 0 bridgehead atoms. The lowest BCUT2D eigenvalue weighted by molar-refractivity contribution is 0.0961. The van der Waals surface area contributed by atoms with Gasteiger partial charge in [0.2, 0.25) is 11.8 Å². The van der Waals surface area contributed by atoms with Crippen LogP contribution in [0.15, 0.2) is 59.6 Å². The van der Waals surface area contributed by atoms with Gasteiger partial charge in [0.1, 0.15) is 5.75 Å². The number of amides is 1. The van der Waals surface area contributed by atoms with E-state index < -0.39 is 15.9 Å². The molecule has 0 aliphatic carbocycles. The van der Waals surface area contributed by atoms with E-state index in [-0.39, 0.29) is 16.4 Å². The maximum absolute atomic E-state index is 12.8. The van der Waals surface area contributed by atoms with Crippen LogP contribution >= 0.6 is 0 Å². The van der Waals surface area contributed by atoms with Gasteiger partial charge in [-0.1, -0.05) is 6.07 Å². The zero-order valence-electron chi connectivity index (χ0n) is 17.0. The summed E-state index contributed by atoms with van der Waals surface area (Å²) in [6.45, 7) is 1.70. The number of nitrogens with zero attached hydrogens (tertiary/aromatic N) is 2. The van der Waals surface area contributed by atoms with Gasteiger partial charge in [-0.2, -0.15) is 4.98 Å². The summed E-state index contributed by atoms with van der Waals surface area (Å²) < 4.78 is 38.1. The second-order valence-electron chi connectivity index (χ2n) is 6.31. The Morgan fingerprint density at radius 2 is 1.74 bits per heavy atom. The topological polar surface area (TPSA) is 132 Å². The van der Waals surface area contributed by atoms with Crippen LogP contribution in [0.3, 0.4) is 0 Å². The standard InChI is InChI=1S/C20H21N5O5S/c1-13-4-9-16(31(27,28)25-14-5-7-15(29-2)8-6-14)12-17(13)19(26)23-24-20-21-11-10-18(22-20)30-3/h4-12,25H,1-3H3,(H,23,26)(H,21,22,24). The van der Waals surface area contributed by atoms with Crippen LogP contribution < -0.4 is 25.0 Å². The molecule has 0 radical (unpaired) electrons. The van der Waals surface area contributed by atoms with Crippen LogP contribution in [0.4, 0.5) is 11.6 Å². The molecule has 1 amide bonds. The first kappa shape index (κ1) is 21.8. The molecule has 0 spiro atoms. The van der Waals surface area contributed by atoms with E-state index in [2.05, 4.69) is 25.5 Å². The average molecular weight is 443 g/mol. The van der Waals surface area contributed by atoms with Crippen molar-refractivity contribution in [3.63, 3.8) is 0 Å². The molecule has 0 unspecified atom stereocenters. The monoisotopic (exact) mass is 443 g/mol. The second kappa shape index (κ2) is 9.30. The van der Waals surface area contributed by atoms with Crippen LogP contribution in [0.5, 0.6) is 11.6 Å². The molecule has 10 nitrogen and oxygen atoms in total. The summed E-state index contributed by atoms with van der Waals surface area (Å²) in [6, 6.07) is 12.3. The minimum absolute atomic E-state index is 0.0586. The average Bonchev–Trinajstić information content (AvgIpc) is 2.78. The molecule has 162 valence electrons. The number of carbonyl (C=O) groups is 1. The Bertz CT molecular complexity index is 1180.